The molecule has 2 N–H and O–H groups in total. The number of para-hydroxylation sites is 1. The van der Waals surface area contributed by atoms with E-state index in [1.165, 1.54) is 0 Å². The molecule has 0 saturated heterocycles. The number of aromatic amines is 1. The number of rotatable bonds is 3. The van der Waals surface area contributed by atoms with E-state index in [9.17, 15) is 9.59 Å². The van der Waals surface area contributed by atoms with Crippen LogP contribution >= 0.6 is 0 Å². The monoisotopic (exact) mass is 405 g/mol. The highest BCUT2D eigenvalue weighted by Gasteiger charge is 2.14. The number of H-pyrrole nitrogens is 1. The number of aryl methyl sites for hydroxylation is 1. The molecular formula is C26H19N3O2. The Morgan fingerprint density at radius 1 is 0.871 bits per heavy atom. The minimum atomic E-state index is -0.251. The molecule has 0 bridgehead atoms. The lowest BCUT2D eigenvalue weighted by Crippen LogP contribution is -2.13. The number of benzene rings is 3. The van der Waals surface area contributed by atoms with E-state index >= 15 is 0 Å². The van der Waals surface area contributed by atoms with Crippen LogP contribution in [-0.4, -0.2) is 15.9 Å². The fourth-order valence-electron chi connectivity index (χ4n) is 3.78. The molecule has 31 heavy (non-hydrogen) atoms. The van der Waals surface area contributed by atoms with Crippen molar-refractivity contribution < 1.29 is 4.79 Å². The predicted octanol–water partition coefficient (Wildman–Crippen LogP) is 5.30. The summed E-state index contributed by atoms with van der Waals surface area (Å²) >= 11 is 0. The molecular weight excluding hydrogens is 386 g/mol. The molecule has 5 rings (SSSR count). The summed E-state index contributed by atoms with van der Waals surface area (Å²) in [6.45, 7) is 1.84. The zero-order chi connectivity index (χ0) is 21.4. The Morgan fingerprint density at radius 2 is 1.65 bits per heavy atom. The van der Waals surface area contributed by atoms with Gasteiger partial charge in [-0.05, 0) is 37.3 Å². The molecule has 0 aliphatic heterocycles. The normalized spacial score (nSPS) is 11.0. The third kappa shape index (κ3) is 3.57. The highest BCUT2D eigenvalue weighted by Crippen LogP contribution is 2.26. The Hall–Kier alpha value is -4.25. The summed E-state index contributed by atoms with van der Waals surface area (Å²) in [5.41, 5.74) is 4.97. The molecule has 0 radical (unpaired) electrons. The third-order valence-electron chi connectivity index (χ3n) is 5.25. The molecule has 3 aromatic carbocycles. The summed E-state index contributed by atoms with van der Waals surface area (Å²) in [4.78, 5) is 33.5. The number of hydrogen-bond acceptors (Lipinski definition) is 3. The Balaban J connectivity index is 1.58. The van der Waals surface area contributed by atoms with Crippen LogP contribution in [0.1, 0.15) is 16.1 Å². The predicted molar refractivity (Wildman–Crippen MR) is 124 cm³/mol. The van der Waals surface area contributed by atoms with Gasteiger partial charge in [-0.2, -0.15) is 0 Å². The van der Waals surface area contributed by atoms with Crippen LogP contribution in [0.25, 0.3) is 33.1 Å². The summed E-state index contributed by atoms with van der Waals surface area (Å²) in [5, 5.41) is 4.25. The number of pyridine rings is 2. The van der Waals surface area contributed by atoms with Crippen molar-refractivity contribution >= 4 is 33.4 Å². The van der Waals surface area contributed by atoms with E-state index in [1.807, 2.05) is 67.6 Å². The number of amides is 1. The maximum atomic E-state index is 13.3. The minimum absolute atomic E-state index is 0.0805. The van der Waals surface area contributed by atoms with Gasteiger partial charge in [0, 0.05) is 39.3 Å². The number of fused-ring (bicyclic) bond motifs is 2. The van der Waals surface area contributed by atoms with Gasteiger partial charge in [0.05, 0.1) is 16.8 Å². The van der Waals surface area contributed by atoms with Crippen LogP contribution in [0.4, 0.5) is 5.69 Å². The zero-order valence-electron chi connectivity index (χ0n) is 16.8. The second-order valence-corrected chi connectivity index (χ2v) is 7.47. The Labute approximate surface area is 178 Å². The summed E-state index contributed by atoms with van der Waals surface area (Å²) in [6.07, 6.45) is 0. The van der Waals surface area contributed by atoms with Crippen LogP contribution in [0, 0.1) is 6.92 Å². The standard InChI is InChI=1S/C26H19N3O2/c1-16-13-25(30)21-14-18(11-12-23(21)27-16)28-26(31)20-15-24(17-7-3-2-4-8-17)29-22-10-6-5-9-19(20)22/h2-15H,1H3,(H,27,30)(H,28,31). The lowest BCUT2D eigenvalue weighted by molar-refractivity contribution is 0.102. The molecule has 0 spiro atoms. The molecule has 5 heteroatoms. The molecule has 2 aromatic heterocycles. The first-order valence-corrected chi connectivity index (χ1v) is 9.99. The van der Waals surface area contributed by atoms with Crippen LogP contribution in [0.3, 0.4) is 0 Å². The molecule has 5 aromatic rings. The summed E-state index contributed by atoms with van der Waals surface area (Å²) in [7, 11) is 0. The van der Waals surface area contributed by atoms with Gasteiger partial charge in [-0.15, -0.1) is 0 Å². The van der Waals surface area contributed by atoms with Gasteiger partial charge in [-0.25, -0.2) is 4.98 Å². The van der Waals surface area contributed by atoms with Gasteiger partial charge >= 0.3 is 0 Å². The SMILES string of the molecule is Cc1cc(=O)c2cc(NC(=O)c3cc(-c4ccccc4)nc4ccccc34)ccc2[nH]1. The first kappa shape index (κ1) is 18.8. The molecule has 1 amide bonds. The second kappa shape index (κ2) is 7.54. The fraction of sp³-hybridized carbons (Fsp3) is 0.0385. The molecule has 150 valence electrons. The lowest BCUT2D eigenvalue weighted by atomic mass is 10.0. The first-order valence-electron chi connectivity index (χ1n) is 9.99. The van der Waals surface area contributed by atoms with Gasteiger partial charge in [0.25, 0.3) is 5.91 Å². The third-order valence-corrected chi connectivity index (χ3v) is 5.25. The lowest BCUT2D eigenvalue weighted by Gasteiger charge is -2.11. The average molecular weight is 405 g/mol. The largest absolute Gasteiger partial charge is 0.358 e. The number of aromatic nitrogens is 2. The van der Waals surface area contributed by atoms with Gasteiger partial charge < -0.3 is 10.3 Å². The summed E-state index contributed by atoms with van der Waals surface area (Å²) in [5.74, 6) is -0.251. The van der Waals surface area contributed by atoms with Crippen molar-refractivity contribution in [1.29, 1.82) is 0 Å². The molecule has 2 heterocycles. The summed E-state index contributed by atoms with van der Waals surface area (Å²) < 4.78 is 0. The van der Waals surface area contributed by atoms with Crippen LogP contribution in [0.2, 0.25) is 0 Å². The topological polar surface area (TPSA) is 74.8 Å². The van der Waals surface area contributed by atoms with E-state index in [-0.39, 0.29) is 11.3 Å². The molecule has 0 saturated carbocycles. The molecule has 0 fully saturated rings. The van der Waals surface area contributed by atoms with E-state index in [4.69, 9.17) is 4.98 Å². The van der Waals surface area contributed by atoms with Gasteiger partial charge in [0.15, 0.2) is 5.43 Å². The van der Waals surface area contributed by atoms with Crippen molar-refractivity contribution in [1.82, 2.24) is 9.97 Å². The Morgan fingerprint density at radius 3 is 2.48 bits per heavy atom. The van der Waals surface area contributed by atoms with Crippen molar-refractivity contribution in [3.05, 3.63) is 106 Å². The molecule has 5 nitrogen and oxygen atoms in total. The van der Waals surface area contributed by atoms with E-state index < -0.39 is 0 Å². The van der Waals surface area contributed by atoms with Crippen molar-refractivity contribution in [3.63, 3.8) is 0 Å². The second-order valence-electron chi connectivity index (χ2n) is 7.47. The molecule has 0 aliphatic carbocycles. The Kier molecular flexibility index (Phi) is 4.56. The highest BCUT2D eigenvalue weighted by atomic mass is 16.1. The van der Waals surface area contributed by atoms with E-state index in [0.717, 1.165) is 33.4 Å². The van der Waals surface area contributed by atoms with E-state index in [2.05, 4.69) is 10.3 Å². The van der Waals surface area contributed by atoms with Crippen molar-refractivity contribution in [2.45, 2.75) is 6.92 Å². The maximum absolute atomic E-state index is 13.3. The Bertz CT molecular complexity index is 1500. The van der Waals surface area contributed by atoms with Crippen LogP contribution in [0.15, 0.2) is 89.7 Å². The number of nitrogens with zero attached hydrogens (tertiary/aromatic N) is 1. The van der Waals surface area contributed by atoms with Gasteiger partial charge in [-0.1, -0.05) is 48.5 Å². The van der Waals surface area contributed by atoms with E-state index in [0.29, 0.717) is 16.6 Å². The highest BCUT2D eigenvalue weighted by molar-refractivity contribution is 6.13. The van der Waals surface area contributed by atoms with E-state index in [1.54, 1.807) is 24.3 Å². The van der Waals surface area contributed by atoms with Crippen molar-refractivity contribution in [3.8, 4) is 11.3 Å². The number of nitrogens with one attached hydrogen (secondary N) is 2. The van der Waals surface area contributed by atoms with Crippen molar-refractivity contribution in [2.75, 3.05) is 5.32 Å². The van der Waals surface area contributed by atoms with Gasteiger partial charge in [0.2, 0.25) is 0 Å². The molecule has 0 atom stereocenters. The smallest absolute Gasteiger partial charge is 0.256 e. The number of carbonyl (C=O) groups is 1. The zero-order valence-corrected chi connectivity index (χ0v) is 16.8. The maximum Gasteiger partial charge on any atom is 0.256 e. The minimum Gasteiger partial charge on any atom is -0.358 e. The van der Waals surface area contributed by atoms with Gasteiger partial charge in [0.1, 0.15) is 0 Å². The summed E-state index contributed by atoms with van der Waals surface area (Å²) in [6, 6.07) is 26.0. The number of carbonyl (C=O) groups excluding carboxylic acids is 1. The first-order chi connectivity index (χ1) is 15.1. The number of hydrogen-bond donors (Lipinski definition) is 2. The number of anilines is 1. The molecule has 0 unspecified atom stereocenters. The van der Waals surface area contributed by atoms with Crippen molar-refractivity contribution in [2.24, 2.45) is 0 Å². The molecule has 0 aliphatic rings. The van der Waals surface area contributed by atoms with Gasteiger partial charge in [-0.3, -0.25) is 9.59 Å². The van der Waals surface area contributed by atoms with Crippen LogP contribution in [0.5, 0.6) is 0 Å². The average Bonchev–Trinajstić information content (AvgIpc) is 2.79. The van der Waals surface area contributed by atoms with Crippen LogP contribution in [-0.2, 0) is 0 Å². The quantitative estimate of drug-likeness (QED) is 0.427. The van der Waals surface area contributed by atoms with Crippen LogP contribution < -0.4 is 10.7 Å². The fourth-order valence-corrected chi connectivity index (χ4v) is 3.78.